The fourth-order valence-electron chi connectivity index (χ4n) is 2.26. The summed E-state index contributed by atoms with van der Waals surface area (Å²) in [6, 6.07) is 19.9. The Labute approximate surface area is 112 Å². The first-order valence-electron chi connectivity index (χ1n) is 6.39. The summed E-state index contributed by atoms with van der Waals surface area (Å²) in [5, 5.41) is 11.4. The van der Waals surface area contributed by atoms with Gasteiger partial charge in [0.1, 0.15) is 0 Å². The van der Waals surface area contributed by atoms with Crippen molar-refractivity contribution in [1.82, 2.24) is 4.98 Å². The van der Waals surface area contributed by atoms with Crippen molar-refractivity contribution in [3.05, 3.63) is 78.0 Å². The summed E-state index contributed by atoms with van der Waals surface area (Å²) in [5.41, 5.74) is 3.03. The molecule has 1 N–H and O–H groups in total. The van der Waals surface area contributed by atoms with Gasteiger partial charge in [-0.15, -0.1) is 0 Å². The van der Waals surface area contributed by atoms with E-state index in [0.717, 1.165) is 22.0 Å². The Kier molecular flexibility index (Phi) is 3.25. The van der Waals surface area contributed by atoms with Gasteiger partial charge in [0.25, 0.3) is 0 Å². The minimum Gasteiger partial charge on any atom is -0.388 e. The Hall–Kier alpha value is -2.19. The molecular formula is C17H15NO. The molecule has 94 valence electrons. The molecule has 1 atom stereocenters. The van der Waals surface area contributed by atoms with Gasteiger partial charge in [-0.2, -0.15) is 0 Å². The van der Waals surface area contributed by atoms with Crippen LogP contribution in [0.2, 0.25) is 0 Å². The molecule has 0 aliphatic carbocycles. The van der Waals surface area contributed by atoms with Crippen molar-refractivity contribution in [2.45, 2.75) is 12.5 Å². The number of rotatable bonds is 3. The van der Waals surface area contributed by atoms with Crippen LogP contribution in [-0.4, -0.2) is 10.1 Å². The molecule has 19 heavy (non-hydrogen) atoms. The standard InChI is InChI=1S/C17H15NO/c19-17(11-13-5-2-1-3-6-13)15-8-9-16-14(12-15)7-4-10-18-16/h1-10,12,17,19H,11H2. The van der Waals surface area contributed by atoms with Gasteiger partial charge in [0, 0.05) is 18.0 Å². The molecule has 1 aromatic heterocycles. The number of aliphatic hydroxyl groups excluding tert-OH is 1. The zero-order valence-corrected chi connectivity index (χ0v) is 10.5. The number of hydrogen-bond acceptors (Lipinski definition) is 2. The molecule has 3 aromatic rings. The van der Waals surface area contributed by atoms with E-state index in [-0.39, 0.29) is 0 Å². The van der Waals surface area contributed by atoms with Crippen LogP contribution in [0.3, 0.4) is 0 Å². The van der Waals surface area contributed by atoms with E-state index in [4.69, 9.17) is 0 Å². The predicted octanol–water partition coefficient (Wildman–Crippen LogP) is 3.51. The van der Waals surface area contributed by atoms with Gasteiger partial charge in [-0.25, -0.2) is 0 Å². The third-order valence-electron chi connectivity index (χ3n) is 3.28. The zero-order valence-electron chi connectivity index (χ0n) is 10.5. The van der Waals surface area contributed by atoms with Crippen LogP contribution in [0.25, 0.3) is 10.9 Å². The minimum absolute atomic E-state index is 0.480. The third kappa shape index (κ3) is 2.64. The van der Waals surface area contributed by atoms with Crippen LogP contribution in [0.1, 0.15) is 17.2 Å². The topological polar surface area (TPSA) is 33.1 Å². The highest BCUT2D eigenvalue weighted by Gasteiger charge is 2.09. The molecule has 2 nitrogen and oxygen atoms in total. The summed E-state index contributed by atoms with van der Waals surface area (Å²) in [5.74, 6) is 0. The molecule has 2 heteroatoms. The maximum atomic E-state index is 10.3. The third-order valence-corrected chi connectivity index (χ3v) is 3.28. The fourth-order valence-corrected chi connectivity index (χ4v) is 2.26. The molecule has 0 spiro atoms. The molecule has 0 saturated heterocycles. The van der Waals surface area contributed by atoms with E-state index in [2.05, 4.69) is 4.98 Å². The molecule has 1 unspecified atom stereocenters. The molecule has 0 saturated carbocycles. The van der Waals surface area contributed by atoms with Crippen LogP contribution >= 0.6 is 0 Å². The van der Waals surface area contributed by atoms with E-state index >= 15 is 0 Å². The first kappa shape index (κ1) is 11.9. The van der Waals surface area contributed by atoms with Gasteiger partial charge in [-0.3, -0.25) is 4.98 Å². The second-order valence-corrected chi connectivity index (χ2v) is 4.66. The molecule has 0 bridgehead atoms. The highest BCUT2D eigenvalue weighted by molar-refractivity contribution is 5.79. The van der Waals surface area contributed by atoms with Crippen molar-refractivity contribution in [2.24, 2.45) is 0 Å². The average molecular weight is 249 g/mol. The number of fused-ring (bicyclic) bond motifs is 1. The number of hydrogen-bond donors (Lipinski definition) is 1. The van der Waals surface area contributed by atoms with E-state index in [1.165, 1.54) is 0 Å². The second-order valence-electron chi connectivity index (χ2n) is 4.66. The van der Waals surface area contributed by atoms with Crippen molar-refractivity contribution in [3.8, 4) is 0 Å². The number of aliphatic hydroxyl groups is 1. The van der Waals surface area contributed by atoms with E-state index in [1.54, 1.807) is 6.20 Å². The Morgan fingerprint density at radius 3 is 2.63 bits per heavy atom. The number of pyridine rings is 1. The normalized spacial score (nSPS) is 12.5. The van der Waals surface area contributed by atoms with Gasteiger partial charge >= 0.3 is 0 Å². The summed E-state index contributed by atoms with van der Waals surface area (Å²) >= 11 is 0. The molecule has 3 rings (SSSR count). The molecule has 0 amide bonds. The summed E-state index contributed by atoms with van der Waals surface area (Å²) in [4.78, 5) is 4.28. The monoisotopic (exact) mass is 249 g/mol. The zero-order chi connectivity index (χ0) is 13.1. The van der Waals surface area contributed by atoms with E-state index in [9.17, 15) is 5.11 Å². The van der Waals surface area contributed by atoms with Gasteiger partial charge in [0.15, 0.2) is 0 Å². The molecule has 0 radical (unpaired) electrons. The first-order chi connectivity index (χ1) is 9.33. The first-order valence-corrected chi connectivity index (χ1v) is 6.39. The number of aromatic nitrogens is 1. The van der Waals surface area contributed by atoms with Gasteiger partial charge in [-0.1, -0.05) is 42.5 Å². The minimum atomic E-state index is -0.480. The maximum absolute atomic E-state index is 10.3. The summed E-state index contributed by atoms with van der Waals surface area (Å²) in [6.45, 7) is 0. The van der Waals surface area contributed by atoms with Crippen molar-refractivity contribution >= 4 is 10.9 Å². The number of benzene rings is 2. The van der Waals surface area contributed by atoms with Crippen LogP contribution in [-0.2, 0) is 6.42 Å². The van der Waals surface area contributed by atoms with Crippen molar-refractivity contribution < 1.29 is 5.11 Å². The predicted molar refractivity (Wildman–Crippen MR) is 76.8 cm³/mol. The second kappa shape index (κ2) is 5.21. The maximum Gasteiger partial charge on any atom is 0.0830 e. The SMILES string of the molecule is OC(Cc1ccccc1)c1ccc2ncccc2c1. The molecule has 0 aliphatic heterocycles. The lowest BCUT2D eigenvalue weighted by Crippen LogP contribution is -2.01. The van der Waals surface area contributed by atoms with Gasteiger partial charge in [0.2, 0.25) is 0 Å². The fraction of sp³-hybridized carbons (Fsp3) is 0.118. The van der Waals surface area contributed by atoms with Crippen LogP contribution in [0.5, 0.6) is 0 Å². The lowest BCUT2D eigenvalue weighted by molar-refractivity contribution is 0.178. The molecule has 0 aliphatic rings. The van der Waals surface area contributed by atoms with E-state index < -0.39 is 6.10 Å². The van der Waals surface area contributed by atoms with E-state index in [1.807, 2.05) is 60.7 Å². The smallest absolute Gasteiger partial charge is 0.0830 e. The Morgan fingerprint density at radius 1 is 0.947 bits per heavy atom. The Balaban J connectivity index is 1.87. The van der Waals surface area contributed by atoms with Crippen molar-refractivity contribution in [1.29, 1.82) is 0 Å². The van der Waals surface area contributed by atoms with Gasteiger partial charge < -0.3 is 5.11 Å². The molecule has 2 aromatic carbocycles. The quantitative estimate of drug-likeness (QED) is 0.770. The van der Waals surface area contributed by atoms with Crippen LogP contribution in [0.4, 0.5) is 0 Å². The molecular weight excluding hydrogens is 234 g/mol. The van der Waals surface area contributed by atoms with Crippen LogP contribution in [0, 0.1) is 0 Å². The highest BCUT2D eigenvalue weighted by atomic mass is 16.3. The Bertz CT molecular complexity index is 679. The van der Waals surface area contributed by atoms with Gasteiger partial charge in [-0.05, 0) is 29.3 Å². The Morgan fingerprint density at radius 2 is 1.79 bits per heavy atom. The number of nitrogens with zero attached hydrogens (tertiary/aromatic N) is 1. The van der Waals surface area contributed by atoms with E-state index in [0.29, 0.717) is 6.42 Å². The van der Waals surface area contributed by atoms with Gasteiger partial charge in [0.05, 0.1) is 11.6 Å². The van der Waals surface area contributed by atoms with Crippen molar-refractivity contribution in [3.63, 3.8) is 0 Å². The summed E-state index contributed by atoms with van der Waals surface area (Å²) in [7, 11) is 0. The summed E-state index contributed by atoms with van der Waals surface area (Å²) < 4.78 is 0. The molecule has 1 heterocycles. The highest BCUT2D eigenvalue weighted by Crippen LogP contribution is 2.22. The molecule has 0 fully saturated rings. The average Bonchev–Trinajstić information content (AvgIpc) is 2.48. The largest absolute Gasteiger partial charge is 0.388 e. The lowest BCUT2D eigenvalue weighted by Gasteiger charge is -2.11. The lowest BCUT2D eigenvalue weighted by atomic mass is 10.00. The van der Waals surface area contributed by atoms with Crippen molar-refractivity contribution in [2.75, 3.05) is 0 Å². The van der Waals surface area contributed by atoms with Crippen LogP contribution in [0.15, 0.2) is 66.9 Å². The van der Waals surface area contributed by atoms with Crippen LogP contribution < -0.4 is 0 Å². The summed E-state index contributed by atoms with van der Waals surface area (Å²) in [6.07, 6.45) is 1.93.